The lowest BCUT2D eigenvalue weighted by Gasteiger charge is -2.32. The van der Waals surface area contributed by atoms with Crippen LogP contribution in [0.5, 0.6) is 0 Å². The van der Waals surface area contributed by atoms with Gasteiger partial charge in [0.1, 0.15) is 5.76 Å². The number of nitrogens with one attached hydrogen (secondary N) is 1. The maximum absolute atomic E-state index is 12.8. The number of thiazole rings is 1. The van der Waals surface area contributed by atoms with Gasteiger partial charge in [0.25, 0.3) is 5.91 Å². The summed E-state index contributed by atoms with van der Waals surface area (Å²) in [6.45, 7) is 8.13. The Morgan fingerprint density at radius 2 is 2.12 bits per heavy atom. The average Bonchev–Trinajstić information content (AvgIpc) is 3.15. The highest BCUT2D eigenvalue weighted by atomic mass is 32.1. The van der Waals surface area contributed by atoms with Crippen LogP contribution in [-0.4, -0.2) is 33.8 Å². The number of amides is 2. The molecule has 26 heavy (non-hydrogen) atoms. The highest BCUT2D eigenvalue weighted by Crippen LogP contribution is 2.31. The van der Waals surface area contributed by atoms with Crippen molar-refractivity contribution in [2.75, 3.05) is 5.32 Å². The topological polar surface area (TPSA) is 75.4 Å². The second-order valence-electron chi connectivity index (χ2n) is 7.18. The molecule has 0 aliphatic heterocycles. The average molecular weight is 375 g/mol. The van der Waals surface area contributed by atoms with Gasteiger partial charge in [-0.2, -0.15) is 0 Å². The van der Waals surface area contributed by atoms with Gasteiger partial charge in [-0.25, -0.2) is 4.98 Å². The van der Waals surface area contributed by atoms with Gasteiger partial charge < -0.3 is 9.32 Å². The third-order valence-corrected chi connectivity index (χ3v) is 5.65. The fraction of sp³-hybridized carbons (Fsp3) is 0.526. The smallest absolute Gasteiger partial charge is 0.260 e. The molecule has 0 bridgehead atoms. The maximum Gasteiger partial charge on any atom is 0.260 e. The summed E-state index contributed by atoms with van der Waals surface area (Å²) >= 11 is 1.33. The summed E-state index contributed by atoms with van der Waals surface area (Å²) in [5.41, 5.74) is 1.18. The van der Waals surface area contributed by atoms with E-state index >= 15 is 0 Å². The van der Waals surface area contributed by atoms with Crippen LogP contribution in [0.4, 0.5) is 5.13 Å². The lowest BCUT2D eigenvalue weighted by molar-refractivity contribution is -0.134. The minimum Gasteiger partial charge on any atom is -0.469 e. The lowest BCUT2D eigenvalue weighted by atomic mass is 10.0. The Balaban J connectivity index is 1.63. The van der Waals surface area contributed by atoms with E-state index in [1.165, 1.54) is 17.6 Å². The van der Waals surface area contributed by atoms with Crippen molar-refractivity contribution in [2.24, 2.45) is 5.92 Å². The molecule has 140 valence electrons. The van der Waals surface area contributed by atoms with Crippen molar-refractivity contribution in [1.29, 1.82) is 0 Å². The molecule has 1 N–H and O–H groups in total. The van der Waals surface area contributed by atoms with Crippen molar-refractivity contribution in [3.63, 3.8) is 0 Å². The SMILES string of the molecule is Cc1occc1C(=O)Nc1nc(CC(=O)N(C2CC2)[C@@H](C)C(C)C)cs1. The van der Waals surface area contributed by atoms with E-state index in [2.05, 4.69) is 31.1 Å². The fourth-order valence-corrected chi connectivity index (χ4v) is 3.62. The number of anilines is 1. The first-order valence-corrected chi connectivity index (χ1v) is 9.85. The molecule has 2 heterocycles. The first-order chi connectivity index (χ1) is 12.4. The summed E-state index contributed by atoms with van der Waals surface area (Å²) in [6.07, 6.45) is 3.93. The Morgan fingerprint density at radius 3 is 2.69 bits per heavy atom. The zero-order valence-corrected chi connectivity index (χ0v) is 16.4. The number of hydrogen-bond donors (Lipinski definition) is 1. The Bertz CT molecular complexity index is 792. The van der Waals surface area contributed by atoms with E-state index in [1.54, 1.807) is 13.0 Å². The van der Waals surface area contributed by atoms with Gasteiger partial charge >= 0.3 is 0 Å². The molecule has 1 fully saturated rings. The standard InChI is InChI=1S/C19H25N3O3S/c1-11(2)12(3)22(15-5-6-15)17(23)9-14-10-26-19(20-14)21-18(24)16-7-8-25-13(16)4/h7-8,10-12,15H,5-6,9H2,1-4H3,(H,20,21,24)/t12-/m0/s1. The highest BCUT2D eigenvalue weighted by molar-refractivity contribution is 7.14. The number of aryl methyl sites for hydroxylation is 1. The van der Waals surface area contributed by atoms with Crippen LogP contribution in [-0.2, 0) is 11.2 Å². The number of carbonyl (C=O) groups is 2. The molecule has 2 aromatic rings. The van der Waals surface area contributed by atoms with E-state index in [9.17, 15) is 9.59 Å². The van der Waals surface area contributed by atoms with Gasteiger partial charge in [-0.15, -0.1) is 11.3 Å². The third-order valence-electron chi connectivity index (χ3n) is 4.84. The second-order valence-corrected chi connectivity index (χ2v) is 8.04. The lowest BCUT2D eigenvalue weighted by Crippen LogP contribution is -2.43. The van der Waals surface area contributed by atoms with E-state index in [4.69, 9.17) is 4.42 Å². The quantitative estimate of drug-likeness (QED) is 0.797. The Kier molecular flexibility index (Phi) is 5.46. The number of hydrogen-bond acceptors (Lipinski definition) is 5. The van der Waals surface area contributed by atoms with Crippen molar-refractivity contribution < 1.29 is 14.0 Å². The summed E-state index contributed by atoms with van der Waals surface area (Å²) in [6, 6.07) is 2.22. The van der Waals surface area contributed by atoms with Crippen molar-refractivity contribution >= 4 is 28.3 Å². The molecule has 1 atom stereocenters. The van der Waals surface area contributed by atoms with E-state index in [0.717, 1.165) is 12.8 Å². The van der Waals surface area contributed by atoms with Crippen molar-refractivity contribution in [1.82, 2.24) is 9.88 Å². The largest absolute Gasteiger partial charge is 0.469 e. The van der Waals surface area contributed by atoms with Crippen LogP contribution in [0, 0.1) is 12.8 Å². The van der Waals surface area contributed by atoms with Crippen LogP contribution in [0.15, 0.2) is 22.1 Å². The van der Waals surface area contributed by atoms with Gasteiger partial charge in [0.2, 0.25) is 5.91 Å². The fourth-order valence-electron chi connectivity index (χ4n) is 2.91. The van der Waals surface area contributed by atoms with Gasteiger partial charge in [-0.05, 0) is 38.7 Å². The molecular formula is C19H25N3O3S. The molecule has 0 radical (unpaired) electrons. The van der Waals surface area contributed by atoms with Crippen LogP contribution < -0.4 is 5.32 Å². The van der Waals surface area contributed by atoms with E-state index in [1.807, 2.05) is 10.3 Å². The predicted molar refractivity (Wildman–Crippen MR) is 101 cm³/mol. The van der Waals surface area contributed by atoms with Crippen molar-refractivity contribution in [3.05, 3.63) is 34.7 Å². The number of carbonyl (C=O) groups excluding carboxylic acids is 2. The molecular weight excluding hydrogens is 350 g/mol. The van der Waals surface area contributed by atoms with Crippen LogP contribution in [0.1, 0.15) is 55.4 Å². The van der Waals surface area contributed by atoms with Gasteiger partial charge in [0.05, 0.1) is 23.9 Å². The van der Waals surface area contributed by atoms with Crippen LogP contribution in [0.3, 0.4) is 0 Å². The zero-order valence-electron chi connectivity index (χ0n) is 15.6. The Hall–Kier alpha value is -2.15. The van der Waals surface area contributed by atoms with Crippen LogP contribution >= 0.6 is 11.3 Å². The van der Waals surface area contributed by atoms with E-state index in [-0.39, 0.29) is 24.3 Å². The zero-order chi connectivity index (χ0) is 18.8. The molecule has 6 nitrogen and oxygen atoms in total. The molecule has 0 spiro atoms. The van der Waals surface area contributed by atoms with E-state index in [0.29, 0.717) is 34.1 Å². The van der Waals surface area contributed by atoms with Gasteiger partial charge in [0, 0.05) is 17.5 Å². The molecule has 1 aliphatic rings. The molecule has 1 aliphatic carbocycles. The van der Waals surface area contributed by atoms with Crippen molar-refractivity contribution in [3.8, 4) is 0 Å². The maximum atomic E-state index is 12.8. The summed E-state index contributed by atoms with van der Waals surface area (Å²) in [5, 5.41) is 5.10. The molecule has 2 aromatic heterocycles. The van der Waals surface area contributed by atoms with Gasteiger partial charge in [0.15, 0.2) is 5.13 Å². The van der Waals surface area contributed by atoms with Crippen molar-refractivity contribution in [2.45, 2.75) is 59.0 Å². The monoisotopic (exact) mass is 375 g/mol. The molecule has 7 heteroatoms. The molecule has 0 saturated heterocycles. The normalized spacial score (nSPS) is 15.1. The molecule has 0 aromatic carbocycles. The summed E-state index contributed by atoms with van der Waals surface area (Å²) in [4.78, 5) is 31.4. The number of rotatable bonds is 7. The minimum absolute atomic E-state index is 0.113. The Morgan fingerprint density at radius 1 is 1.38 bits per heavy atom. The number of aromatic nitrogens is 1. The summed E-state index contributed by atoms with van der Waals surface area (Å²) in [7, 11) is 0. The van der Waals surface area contributed by atoms with Gasteiger partial charge in [-0.1, -0.05) is 13.8 Å². The minimum atomic E-state index is -0.253. The highest BCUT2D eigenvalue weighted by Gasteiger charge is 2.36. The first kappa shape index (κ1) is 18.6. The van der Waals surface area contributed by atoms with E-state index < -0.39 is 0 Å². The molecule has 1 saturated carbocycles. The molecule has 2 amide bonds. The number of furan rings is 1. The summed E-state index contributed by atoms with van der Waals surface area (Å²) < 4.78 is 5.15. The molecule has 0 unspecified atom stereocenters. The summed E-state index contributed by atoms with van der Waals surface area (Å²) in [5.74, 6) is 0.847. The second kappa shape index (κ2) is 7.61. The first-order valence-electron chi connectivity index (χ1n) is 8.97. The predicted octanol–water partition coefficient (Wildman–Crippen LogP) is 3.87. The number of nitrogens with zero attached hydrogens (tertiary/aromatic N) is 2. The Labute approximate surface area is 157 Å². The molecule has 3 rings (SSSR count). The van der Waals surface area contributed by atoms with Crippen LogP contribution in [0.2, 0.25) is 0 Å². The van der Waals surface area contributed by atoms with Crippen LogP contribution in [0.25, 0.3) is 0 Å². The van der Waals surface area contributed by atoms with Gasteiger partial charge in [-0.3, -0.25) is 14.9 Å². The third kappa shape index (κ3) is 4.15.